The fourth-order valence-electron chi connectivity index (χ4n) is 2.40. The Balaban J connectivity index is 2.14. The topological polar surface area (TPSA) is 49.3 Å². The predicted molar refractivity (Wildman–Crippen MR) is 74.7 cm³/mol. The molecule has 0 atom stereocenters. The van der Waals surface area contributed by atoms with Gasteiger partial charge in [0.25, 0.3) is 5.91 Å². The molecule has 1 aromatic rings. The summed E-state index contributed by atoms with van der Waals surface area (Å²) >= 11 is 0. The van der Waals surface area contributed by atoms with Crippen LogP contribution in [0.1, 0.15) is 48.5 Å². The van der Waals surface area contributed by atoms with Crippen LogP contribution < -0.4 is 5.32 Å². The minimum absolute atomic E-state index is 0.0410. The van der Waals surface area contributed by atoms with Crippen LogP contribution in [0.4, 0.5) is 4.39 Å². The quantitative estimate of drug-likeness (QED) is 0.831. The highest BCUT2D eigenvalue weighted by Gasteiger charge is 2.36. The molecule has 0 saturated heterocycles. The number of carbonyl (C=O) groups is 1. The van der Waals surface area contributed by atoms with Gasteiger partial charge in [-0.15, -0.1) is 0 Å². The maximum atomic E-state index is 13.9. The minimum atomic E-state index is -0.585. The number of aliphatic hydroxyl groups is 1. The molecule has 0 radical (unpaired) electrons. The molecule has 1 aromatic carbocycles. The molecule has 1 fully saturated rings. The van der Waals surface area contributed by atoms with E-state index in [1.165, 1.54) is 12.1 Å². The largest absolute Gasteiger partial charge is 0.384 e. The summed E-state index contributed by atoms with van der Waals surface area (Å²) in [7, 11) is 0. The summed E-state index contributed by atoms with van der Waals surface area (Å²) in [5.74, 6) is 4.10. The second-order valence-corrected chi connectivity index (χ2v) is 5.10. The first-order valence-electron chi connectivity index (χ1n) is 6.82. The second kappa shape index (κ2) is 6.06. The zero-order chi connectivity index (χ0) is 14.6. The van der Waals surface area contributed by atoms with Crippen LogP contribution in [-0.2, 0) is 0 Å². The summed E-state index contributed by atoms with van der Waals surface area (Å²) < 4.78 is 13.9. The Hall–Kier alpha value is -1.86. The number of hydrogen-bond acceptors (Lipinski definition) is 2. The summed E-state index contributed by atoms with van der Waals surface area (Å²) in [5, 5.41) is 11.5. The van der Waals surface area contributed by atoms with Gasteiger partial charge in [0.15, 0.2) is 0 Å². The molecule has 0 spiro atoms. The number of amides is 1. The van der Waals surface area contributed by atoms with Gasteiger partial charge in [-0.3, -0.25) is 4.79 Å². The maximum Gasteiger partial charge on any atom is 0.254 e. The van der Waals surface area contributed by atoms with E-state index in [4.69, 9.17) is 5.11 Å². The van der Waals surface area contributed by atoms with Crippen LogP contribution in [0.15, 0.2) is 18.2 Å². The van der Waals surface area contributed by atoms with E-state index in [2.05, 4.69) is 17.2 Å². The Labute approximate surface area is 118 Å². The number of hydrogen-bond donors (Lipinski definition) is 2. The zero-order valence-corrected chi connectivity index (χ0v) is 11.5. The lowest BCUT2D eigenvalue weighted by atomic mass is 9.74. The van der Waals surface area contributed by atoms with E-state index in [1.807, 2.05) is 6.92 Å². The molecule has 1 saturated carbocycles. The highest BCUT2D eigenvalue weighted by molar-refractivity contribution is 5.95. The van der Waals surface area contributed by atoms with Gasteiger partial charge in [-0.1, -0.05) is 18.8 Å². The van der Waals surface area contributed by atoms with E-state index in [1.54, 1.807) is 6.07 Å². The predicted octanol–water partition coefficient (Wildman–Crippen LogP) is 2.23. The molecule has 1 aliphatic carbocycles. The molecule has 0 bridgehead atoms. The van der Waals surface area contributed by atoms with Crippen molar-refractivity contribution in [1.29, 1.82) is 0 Å². The third-order valence-corrected chi connectivity index (χ3v) is 3.89. The Morgan fingerprint density at radius 3 is 2.75 bits per heavy atom. The molecule has 2 N–H and O–H groups in total. The molecule has 0 aromatic heterocycles. The van der Waals surface area contributed by atoms with Crippen LogP contribution in [0, 0.1) is 17.7 Å². The number of rotatable bonds is 3. The van der Waals surface area contributed by atoms with Gasteiger partial charge in [0.2, 0.25) is 0 Å². The van der Waals surface area contributed by atoms with Crippen LogP contribution in [0.3, 0.4) is 0 Å². The van der Waals surface area contributed by atoms with Crippen molar-refractivity contribution in [2.24, 2.45) is 0 Å². The zero-order valence-electron chi connectivity index (χ0n) is 11.5. The van der Waals surface area contributed by atoms with Crippen molar-refractivity contribution in [3.05, 3.63) is 35.1 Å². The van der Waals surface area contributed by atoms with Crippen LogP contribution in [0.25, 0.3) is 0 Å². The van der Waals surface area contributed by atoms with E-state index in [0.29, 0.717) is 5.56 Å². The van der Waals surface area contributed by atoms with Gasteiger partial charge in [0.1, 0.15) is 12.4 Å². The van der Waals surface area contributed by atoms with Crippen LogP contribution in [0.5, 0.6) is 0 Å². The van der Waals surface area contributed by atoms with Gasteiger partial charge in [0, 0.05) is 11.1 Å². The molecular formula is C16H18FNO2. The summed E-state index contributed by atoms with van der Waals surface area (Å²) in [4.78, 5) is 12.1. The molecule has 2 rings (SSSR count). The molecule has 1 amide bonds. The lowest BCUT2D eigenvalue weighted by molar-refractivity contribution is 0.0816. The van der Waals surface area contributed by atoms with Crippen LogP contribution >= 0.6 is 0 Å². The first kappa shape index (κ1) is 14.5. The first-order valence-corrected chi connectivity index (χ1v) is 6.82. The summed E-state index contributed by atoms with van der Waals surface area (Å²) in [6.45, 7) is 1.76. The highest BCUT2D eigenvalue weighted by Crippen LogP contribution is 2.34. The minimum Gasteiger partial charge on any atom is -0.384 e. The number of nitrogens with one attached hydrogen (secondary N) is 1. The molecule has 0 unspecified atom stereocenters. The average molecular weight is 275 g/mol. The fourth-order valence-corrected chi connectivity index (χ4v) is 2.40. The normalized spacial score (nSPS) is 15.8. The lowest BCUT2D eigenvalue weighted by Crippen LogP contribution is -2.53. The Morgan fingerprint density at radius 1 is 1.50 bits per heavy atom. The summed E-state index contributed by atoms with van der Waals surface area (Å²) in [6.07, 6.45) is 3.88. The fraction of sp³-hybridized carbons (Fsp3) is 0.438. The number of halogens is 1. The van der Waals surface area contributed by atoms with E-state index in [-0.39, 0.29) is 23.6 Å². The molecule has 20 heavy (non-hydrogen) atoms. The molecular weight excluding hydrogens is 257 g/mol. The molecule has 4 heteroatoms. The number of aliphatic hydroxyl groups excluding tert-OH is 1. The van der Waals surface area contributed by atoms with Gasteiger partial charge >= 0.3 is 0 Å². The third-order valence-electron chi connectivity index (χ3n) is 3.89. The molecule has 0 aliphatic heterocycles. The SMILES string of the molecule is CCC1(NC(=O)c2ccc(C#CCO)cc2F)CCC1. The number of carbonyl (C=O) groups excluding carboxylic acids is 1. The van der Waals surface area contributed by atoms with Gasteiger partial charge in [-0.05, 0) is 43.9 Å². The molecule has 106 valence electrons. The van der Waals surface area contributed by atoms with Crippen molar-refractivity contribution < 1.29 is 14.3 Å². The Kier molecular flexibility index (Phi) is 4.41. The standard InChI is InChI=1S/C16H18FNO2/c1-2-16(8-4-9-16)18-15(20)13-7-6-12(5-3-10-19)11-14(13)17/h6-7,11,19H,2,4,8-10H2,1H3,(H,18,20). The van der Waals surface area contributed by atoms with E-state index in [0.717, 1.165) is 25.7 Å². The van der Waals surface area contributed by atoms with Crippen molar-refractivity contribution in [2.45, 2.75) is 38.1 Å². The first-order chi connectivity index (χ1) is 9.60. The van der Waals surface area contributed by atoms with Gasteiger partial charge in [-0.2, -0.15) is 0 Å². The maximum absolute atomic E-state index is 13.9. The lowest BCUT2D eigenvalue weighted by Gasteiger charge is -2.42. The van der Waals surface area contributed by atoms with Crippen molar-refractivity contribution in [3.8, 4) is 11.8 Å². The van der Waals surface area contributed by atoms with Crippen molar-refractivity contribution in [3.63, 3.8) is 0 Å². The van der Waals surface area contributed by atoms with Crippen molar-refractivity contribution in [2.75, 3.05) is 6.61 Å². The van der Waals surface area contributed by atoms with E-state index < -0.39 is 5.82 Å². The summed E-state index contributed by atoms with van der Waals surface area (Å²) in [5.41, 5.74) is 0.333. The summed E-state index contributed by atoms with van der Waals surface area (Å²) in [6, 6.07) is 4.24. The third kappa shape index (κ3) is 3.00. The molecule has 3 nitrogen and oxygen atoms in total. The molecule has 0 heterocycles. The van der Waals surface area contributed by atoms with Gasteiger partial charge in [0.05, 0.1) is 5.56 Å². The van der Waals surface area contributed by atoms with Crippen LogP contribution in [0.2, 0.25) is 0 Å². The van der Waals surface area contributed by atoms with E-state index in [9.17, 15) is 9.18 Å². The van der Waals surface area contributed by atoms with Gasteiger partial charge < -0.3 is 10.4 Å². The second-order valence-electron chi connectivity index (χ2n) is 5.10. The van der Waals surface area contributed by atoms with Gasteiger partial charge in [-0.25, -0.2) is 4.39 Å². The highest BCUT2D eigenvalue weighted by atomic mass is 19.1. The Bertz CT molecular complexity index is 562. The molecule has 1 aliphatic rings. The van der Waals surface area contributed by atoms with Crippen LogP contribution in [-0.4, -0.2) is 23.2 Å². The monoisotopic (exact) mass is 275 g/mol. The smallest absolute Gasteiger partial charge is 0.254 e. The van der Waals surface area contributed by atoms with Crippen molar-refractivity contribution >= 4 is 5.91 Å². The van der Waals surface area contributed by atoms with Crippen molar-refractivity contribution in [1.82, 2.24) is 5.32 Å². The average Bonchev–Trinajstić information content (AvgIpc) is 2.40. The van der Waals surface area contributed by atoms with E-state index >= 15 is 0 Å². The Morgan fingerprint density at radius 2 is 2.25 bits per heavy atom. The number of benzene rings is 1.